The molecule has 0 spiro atoms. The molecular formula is C13H19BrN2O3S. The third kappa shape index (κ3) is 3.80. The standard InChI is InChI=1S/C13H19BrN2O3S/c1-9-6-7-10(14)8-11(9)20(18,19)15-13(2,3)12(17)16(4)5/h6-8,15H,1-5H3. The average molecular weight is 363 g/mol. The molecule has 0 aliphatic carbocycles. The second-order valence-corrected chi connectivity index (χ2v) is 7.91. The third-order valence-electron chi connectivity index (χ3n) is 2.77. The summed E-state index contributed by atoms with van der Waals surface area (Å²) in [5.41, 5.74) is -0.592. The van der Waals surface area contributed by atoms with Gasteiger partial charge in [-0.05, 0) is 38.5 Å². The molecule has 0 fully saturated rings. The highest BCUT2D eigenvalue weighted by molar-refractivity contribution is 9.10. The van der Waals surface area contributed by atoms with E-state index in [1.165, 1.54) is 11.0 Å². The van der Waals surface area contributed by atoms with Gasteiger partial charge in [0.2, 0.25) is 15.9 Å². The fourth-order valence-corrected chi connectivity index (χ4v) is 4.01. The van der Waals surface area contributed by atoms with E-state index in [2.05, 4.69) is 20.7 Å². The molecule has 20 heavy (non-hydrogen) atoms. The van der Waals surface area contributed by atoms with Crippen LogP contribution >= 0.6 is 15.9 Å². The number of sulfonamides is 1. The van der Waals surface area contributed by atoms with Gasteiger partial charge in [0.05, 0.1) is 4.90 Å². The second-order valence-electron chi connectivity index (χ2n) is 5.34. The normalized spacial score (nSPS) is 12.3. The maximum atomic E-state index is 12.4. The molecular weight excluding hydrogens is 344 g/mol. The third-order valence-corrected chi connectivity index (χ3v) is 5.06. The van der Waals surface area contributed by atoms with Crippen LogP contribution in [0.1, 0.15) is 19.4 Å². The summed E-state index contributed by atoms with van der Waals surface area (Å²) in [5.74, 6) is -0.311. The van der Waals surface area contributed by atoms with E-state index in [4.69, 9.17) is 0 Å². The molecule has 7 heteroatoms. The van der Waals surface area contributed by atoms with E-state index >= 15 is 0 Å². The molecule has 1 aromatic rings. The van der Waals surface area contributed by atoms with Crippen LogP contribution < -0.4 is 4.72 Å². The lowest BCUT2D eigenvalue weighted by Crippen LogP contribution is -2.54. The molecule has 0 saturated heterocycles. The second kappa shape index (κ2) is 5.83. The minimum Gasteiger partial charge on any atom is -0.347 e. The van der Waals surface area contributed by atoms with Gasteiger partial charge in [0, 0.05) is 18.6 Å². The van der Waals surface area contributed by atoms with Crippen LogP contribution in [0.15, 0.2) is 27.6 Å². The van der Waals surface area contributed by atoms with Gasteiger partial charge in [-0.1, -0.05) is 22.0 Å². The lowest BCUT2D eigenvalue weighted by Gasteiger charge is -2.28. The van der Waals surface area contributed by atoms with Crippen LogP contribution in [-0.2, 0) is 14.8 Å². The number of rotatable bonds is 4. The van der Waals surface area contributed by atoms with E-state index in [-0.39, 0.29) is 10.8 Å². The van der Waals surface area contributed by atoms with Gasteiger partial charge >= 0.3 is 0 Å². The Morgan fingerprint density at radius 3 is 2.35 bits per heavy atom. The van der Waals surface area contributed by atoms with Crippen LogP contribution in [0.25, 0.3) is 0 Å². The van der Waals surface area contributed by atoms with Gasteiger partial charge in [0.15, 0.2) is 0 Å². The zero-order valence-corrected chi connectivity index (χ0v) is 14.6. The van der Waals surface area contributed by atoms with Gasteiger partial charge in [-0.15, -0.1) is 0 Å². The molecule has 0 saturated carbocycles. The van der Waals surface area contributed by atoms with Gasteiger partial charge in [-0.3, -0.25) is 4.79 Å². The molecule has 1 rings (SSSR count). The van der Waals surface area contributed by atoms with E-state index in [0.29, 0.717) is 10.0 Å². The van der Waals surface area contributed by atoms with Gasteiger partial charge in [0.1, 0.15) is 5.54 Å². The van der Waals surface area contributed by atoms with Crippen LogP contribution in [0.2, 0.25) is 0 Å². The Labute approximate surface area is 128 Å². The van der Waals surface area contributed by atoms with Gasteiger partial charge < -0.3 is 4.90 Å². The molecule has 0 aliphatic heterocycles. The lowest BCUT2D eigenvalue weighted by atomic mass is 10.1. The molecule has 1 aromatic carbocycles. The highest BCUT2D eigenvalue weighted by atomic mass is 79.9. The van der Waals surface area contributed by atoms with E-state index < -0.39 is 15.6 Å². The Morgan fingerprint density at radius 1 is 1.30 bits per heavy atom. The minimum absolute atomic E-state index is 0.159. The van der Waals surface area contributed by atoms with Gasteiger partial charge in [-0.25, -0.2) is 8.42 Å². The number of carbonyl (C=O) groups excluding carboxylic acids is 1. The first-order valence-corrected chi connectivity index (χ1v) is 8.27. The summed E-state index contributed by atoms with van der Waals surface area (Å²) in [5, 5.41) is 0. The molecule has 0 radical (unpaired) electrons. The largest absolute Gasteiger partial charge is 0.347 e. The highest BCUT2D eigenvalue weighted by Crippen LogP contribution is 2.22. The zero-order chi connectivity index (χ0) is 15.7. The fraction of sp³-hybridized carbons (Fsp3) is 0.462. The molecule has 1 N–H and O–H groups in total. The molecule has 1 amide bonds. The van der Waals surface area contributed by atoms with E-state index in [1.54, 1.807) is 47.0 Å². The fourth-order valence-electron chi connectivity index (χ4n) is 1.86. The minimum atomic E-state index is -3.78. The molecule has 0 unspecified atom stereocenters. The Bertz CT molecular complexity index is 625. The summed E-state index contributed by atoms with van der Waals surface area (Å²) in [6.45, 7) is 4.79. The summed E-state index contributed by atoms with van der Waals surface area (Å²) in [7, 11) is -0.605. The Hall–Kier alpha value is -0.920. The first kappa shape index (κ1) is 17.1. The number of aryl methyl sites for hydroxylation is 1. The molecule has 0 bridgehead atoms. The van der Waals surface area contributed by atoms with Crippen LogP contribution in [0, 0.1) is 6.92 Å². The number of carbonyl (C=O) groups is 1. The first-order chi connectivity index (χ1) is 8.97. The Balaban J connectivity index is 3.19. The van der Waals surface area contributed by atoms with Gasteiger partial charge in [0.25, 0.3) is 0 Å². The van der Waals surface area contributed by atoms with Crippen LogP contribution in [0.4, 0.5) is 0 Å². The van der Waals surface area contributed by atoms with E-state index in [9.17, 15) is 13.2 Å². The Kier molecular flexibility index (Phi) is 4.99. The number of nitrogens with zero attached hydrogens (tertiary/aromatic N) is 1. The topological polar surface area (TPSA) is 66.5 Å². The zero-order valence-electron chi connectivity index (χ0n) is 12.2. The maximum absolute atomic E-state index is 12.4. The summed E-state index contributed by atoms with van der Waals surface area (Å²) < 4.78 is 28.0. The summed E-state index contributed by atoms with van der Waals surface area (Å²) in [4.78, 5) is 13.5. The Morgan fingerprint density at radius 2 is 1.85 bits per heavy atom. The van der Waals surface area contributed by atoms with Crippen molar-refractivity contribution in [1.82, 2.24) is 9.62 Å². The number of hydrogen-bond donors (Lipinski definition) is 1. The molecule has 0 atom stereocenters. The predicted octanol–water partition coefficient (Wildman–Crippen LogP) is 1.90. The summed E-state index contributed by atoms with van der Waals surface area (Å²) >= 11 is 3.25. The van der Waals surface area contributed by atoms with Crippen LogP contribution in [0.5, 0.6) is 0 Å². The smallest absolute Gasteiger partial charge is 0.242 e. The number of amides is 1. The van der Waals surface area contributed by atoms with E-state index in [1.807, 2.05) is 0 Å². The quantitative estimate of drug-likeness (QED) is 0.889. The maximum Gasteiger partial charge on any atom is 0.242 e. The number of hydrogen-bond acceptors (Lipinski definition) is 3. The average Bonchev–Trinajstić information content (AvgIpc) is 2.29. The SMILES string of the molecule is Cc1ccc(Br)cc1S(=O)(=O)NC(C)(C)C(=O)N(C)C. The van der Waals surface area contributed by atoms with Crippen molar-refractivity contribution < 1.29 is 13.2 Å². The lowest BCUT2D eigenvalue weighted by molar-refractivity contribution is -0.133. The molecule has 0 heterocycles. The molecule has 112 valence electrons. The highest BCUT2D eigenvalue weighted by Gasteiger charge is 2.34. The van der Waals surface area contributed by atoms with Gasteiger partial charge in [-0.2, -0.15) is 4.72 Å². The number of benzene rings is 1. The van der Waals surface area contributed by atoms with Crippen molar-refractivity contribution in [2.75, 3.05) is 14.1 Å². The molecule has 0 aromatic heterocycles. The van der Waals surface area contributed by atoms with Crippen molar-refractivity contribution in [3.8, 4) is 0 Å². The number of halogens is 1. The van der Waals surface area contributed by atoms with Crippen molar-refractivity contribution in [2.24, 2.45) is 0 Å². The monoisotopic (exact) mass is 362 g/mol. The van der Waals surface area contributed by atoms with Crippen molar-refractivity contribution >= 4 is 31.9 Å². The van der Waals surface area contributed by atoms with Crippen molar-refractivity contribution in [3.63, 3.8) is 0 Å². The number of nitrogens with one attached hydrogen (secondary N) is 1. The van der Waals surface area contributed by atoms with Crippen LogP contribution in [0.3, 0.4) is 0 Å². The number of likely N-dealkylation sites (N-methyl/N-ethyl adjacent to an activating group) is 1. The van der Waals surface area contributed by atoms with Crippen molar-refractivity contribution in [2.45, 2.75) is 31.2 Å². The van der Waals surface area contributed by atoms with Crippen LogP contribution in [-0.4, -0.2) is 38.9 Å². The molecule has 5 nitrogen and oxygen atoms in total. The van der Waals surface area contributed by atoms with Crippen molar-refractivity contribution in [1.29, 1.82) is 0 Å². The molecule has 0 aliphatic rings. The summed E-state index contributed by atoms with van der Waals surface area (Å²) in [6.07, 6.45) is 0. The predicted molar refractivity (Wildman–Crippen MR) is 82.0 cm³/mol. The summed E-state index contributed by atoms with van der Waals surface area (Å²) in [6, 6.07) is 5.00. The van der Waals surface area contributed by atoms with E-state index in [0.717, 1.165) is 0 Å². The van der Waals surface area contributed by atoms with Crippen molar-refractivity contribution in [3.05, 3.63) is 28.2 Å². The first-order valence-electron chi connectivity index (χ1n) is 5.99.